The van der Waals surface area contributed by atoms with Crippen LogP contribution in [0.1, 0.15) is 189 Å². The number of rotatable bonds is 28. The van der Waals surface area contributed by atoms with E-state index in [-0.39, 0.29) is 18.1 Å². The van der Waals surface area contributed by atoms with Gasteiger partial charge in [-0.25, -0.2) is 4.79 Å². The Morgan fingerprint density at radius 2 is 1.59 bits per heavy atom. The molecule has 4 aliphatic rings. The summed E-state index contributed by atoms with van der Waals surface area (Å²) < 4.78 is 29.7. The van der Waals surface area contributed by atoms with Crippen molar-refractivity contribution in [2.24, 2.45) is 46.3 Å². The minimum absolute atomic E-state index is 0.0256. The number of fused-ring (bicyclic) bond motifs is 5. The van der Waals surface area contributed by atoms with E-state index in [0.29, 0.717) is 22.4 Å². The molecule has 0 radical (unpaired) electrons. The van der Waals surface area contributed by atoms with Crippen LogP contribution in [-0.2, 0) is 18.3 Å². The number of amides is 1. The van der Waals surface area contributed by atoms with Gasteiger partial charge >= 0.3 is 6.09 Å². The van der Waals surface area contributed by atoms with Crippen molar-refractivity contribution >= 4 is 13.9 Å². The highest BCUT2D eigenvalue weighted by atomic mass is 31.2. The van der Waals surface area contributed by atoms with E-state index in [0.717, 1.165) is 74.5 Å². The Kier molecular flexibility index (Phi) is 21.4. The van der Waals surface area contributed by atoms with E-state index in [4.69, 9.17) is 13.8 Å². The number of allylic oxidation sites excluding steroid dienone is 2. The molecule has 10 heteroatoms. The second kappa shape index (κ2) is 24.9. The molecule has 3 fully saturated rings. The number of nitrogens with one attached hydrogen (secondary N) is 1. The minimum Gasteiger partial charge on any atom is -0.756 e. The number of phosphoric ester groups is 1. The van der Waals surface area contributed by atoms with E-state index in [1.165, 1.54) is 108 Å². The summed E-state index contributed by atoms with van der Waals surface area (Å²) in [5.41, 5.74) is 2.03. The van der Waals surface area contributed by atoms with Crippen LogP contribution in [0.3, 0.4) is 0 Å². The number of quaternary nitrogens is 1. The summed E-state index contributed by atoms with van der Waals surface area (Å²) in [5, 5.41) is 14.0. The molecule has 0 aliphatic heterocycles. The number of unbranched alkanes of at least 4 members (excludes halogenated alkanes) is 11. The first-order valence-electron chi connectivity index (χ1n) is 25.3. The normalized spacial score (nSPS) is 30.2. The molecule has 2 N–H and O–H groups in total. The lowest BCUT2D eigenvalue weighted by Gasteiger charge is -2.58. The third-order valence-corrected chi connectivity index (χ3v) is 16.9. The predicted molar refractivity (Wildman–Crippen MR) is 249 cm³/mol. The molecule has 9 nitrogen and oxygen atoms in total. The smallest absolute Gasteiger partial charge is 0.407 e. The molecule has 0 bridgehead atoms. The van der Waals surface area contributed by atoms with Crippen LogP contribution in [0.4, 0.5) is 4.79 Å². The number of hydrogen-bond acceptors (Lipinski definition) is 7. The van der Waals surface area contributed by atoms with Crippen LogP contribution in [0.15, 0.2) is 23.8 Å². The maximum atomic E-state index is 13.5. The highest BCUT2D eigenvalue weighted by Crippen LogP contribution is 2.67. The van der Waals surface area contributed by atoms with Crippen LogP contribution >= 0.6 is 7.82 Å². The van der Waals surface area contributed by atoms with Crippen LogP contribution < -0.4 is 10.2 Å². The number of carbonyl (C=O) groups excluding carboxylic acids is 1. The first-order valence-corrected chi connectivity index (χ1v) is 26.8. The molecule has 61 heavy (non-hydrogen) atoms. The molecule has 0 aromatic rings. The first kappa shape index (κ1) is 52.4. The van der Waals surface area contributed by atoms with Crippen molar-refractivity contribution in [3.8, 4) is 0 Å². The van der Waals surface area contributed by atoms with Gasteiger partial charge in [0.15, 0.2) is 0 Å². The van der Waals surface area contributed by atoms with E-state index in [1.807, 2.05) is 27.2 Å². The van der Waals surface area contributed by atoms with Gasteiger partial charge < -0.3 is 33.6 Å². The molecule has 11 atom stereocenters. The zero-order valence-electron chi connectivity index (χ0n) is 40.6. The van der Waals surface area contributed by atoms with Gasteiger partial charge in [-0.1, -0.05) is 149 Å². The van der Waals surface area contributed by atoms with Gasteiger partial charge in [0, 0.05) is 6.42 Å². The summed E-state index contributed by atoms with van der Waals surface area (Å²) in [6.45, 7) is 14.6. The number of nitrogens with zero attached hydrogens (tertiary/aromatic N) is 1. The molecule has 0 saturated heterocycles. The summed E-state index contributed by atoms with van der Waals surface area (Å²) in [6, 6.07) is -1.03. The largest absolute Gasteiger partial charge is 0.756 e. The molecule has 7 unspecified atom stereocenters. The van der Waals surface area contributed by atoms with Crippen LogP contribution in [0.5, 0.6) is 0 Å². The average Bonchev–Trinajstić information content (AvgIpc) is 3.55. The minimum atomic E-state index is -4.67. The highest BCUT2D eigenvalue weighted by molar-refractivity contribution is 7.45. The zero-order chi connectivity index (χ0) is 44.7. The Hall–Kier alpha value is -1.22. The van der Waals surface area contributed by atoms with Gasteiger partial charge in [-0.15, -0.1) is 0 Å². The van der Waals surface area contributed by atoms with E-state index in [9.17, 15) is 19.4 Å². The lowest BCUT2D eigenvalue weighted by molar-refractivity contribution is -0.870. The van der Waals surface area contributed by atoms with Gasteiger partial charge in [0.2, 0.25) is 0 Å². The Balaban J connectivity index is 1.30. The van der Waals surface area contributed by atoms with Gasteiger partial charge in [-0.05, 0) is 104 Å². The molecule has 0 heterocycles. The van der Waals surface area contributed by atoms with Crippen molar-refractivity contribution in [2.45, 2.75) is 207 Å². The summed E-state index contributed by atoms with van der Waals surface area (Å²) in [4.78, 5) is 26.2. The molecular formula is C51H93N2O7P. The maximum Gasteiger partial charge on any atom is 0.407 e. The van der Waals surface area contributed by atoms with Crippen LogP contribution in [0, 0.1) is 46.3 Å². The summed E-state index contributed by atoms with van der Waals surface area (Å²) in [7, 11) is 1.18. The van der Waals surface area contributed by atoms with Gasteiger partial charge in [-0.2, -0.15) is 0 Å². The predicted octanol–water partition coefficient (Wildman–Crippen LogP) is 12.3. The van der Waals surface area contributed by atoms with E-state index in [1.54, 1.807) is 6.08 Å². The summed E-state index contributed by atoms with van der Waals surface area (Å²) >= 11 is 0. The lowest BCUT2D eigenvalue weighted by Crippen LogP contribution is -2.51. The third-order valence-electron chi connectivity index (χ3n) is 16.0. The van der Waals surface area contributed by atoms with Crippen LogP contribution in [0.25, 0.3) is 0 Å². The number of alkyl carbamates (subject to hydrolysis) is 1. The number of phosphoric acid groups is 1. The summed E-state index contributed by atoms with van der Waals surface area (Å²) in [6.07, 6.45) is 31.8. The van der Waals surface area contributed by atoms with Crippen molar-refractivity contribution in [3.05, 3.63) is 23.8 Å². The number of hydrogen-bond donors (Lipinski definition) is 2. The van der Waals surface area contributed by atoms with Crippen molar-refractivity contribution in [3.63, 3.8) is 0 Å². The fourth-order valence-corrected chi connectivity index (χ4v) is 13.0. The Bertz CT molecular complexity index is 1410. The van der Waals surface area contributed by atoms with Crippen molar-refractivity contribution in [1.29, 1.82) is 0 Å². The fraction of sp³-hybridized carbons (Fsp3) is 0.902. The summed E-state index contributed by atoms with van der Waals surface area (Å²) in [5.74, 6) is 4.63. The second-order valence-corrected chi connectivity index (χ2v) is 23.6. The first-order chi connectivity index (χ1) is 28.9. The SMILES string of the molecule is CCCCCCCCCCCCCC=CC(O)C(COP(=O)([O-])OCC[N+](C)(C)C)NC(=O)OC1CC[C@@]2(C)C(=CCC3C2CC[C@@]2(C)C3CC[C@@H]2[C@H](C)CCCC(C)C)C1. The molecule has 0 aromatic heterocycles. The zero-order valence-corrected chi connectivity index (χ0v) is 41.5. The molecule has 4 aliphatic carbocycles. The molecule has 4 rings (SSSR count). The molecule has 0 aromatic carbocycles. The number of aliphatic hydroxyl groups excluding tert-OH is 1. The van der Waals surface area contributed by atoms with Crippen LogP contribution in [0.2, 0.25) is 0 Å². The van der Waals surface area contributed by atoms with Gasteiger partial charge in [0.1, 0.15) is 19.3 Å². The van der Waals surface area contributed by atoms with Crippen molar-refractivity contribution in [2.75, 3.05) is 40.9 Å². The Morgan fingerprint density at radius 1 is 0.918 bits per heavy atom. The van der Waals surface area contributed by atoms with Crippen LogP contribution in [-0.4, -0.2) is 74.8 Å². The Labute approximate surface area is 374 Å². The molecule has 1 amide bonds. The maximum absolute atomic E-state index is 13.5. The lowest BCUT2D eigenvalue weighted by atomic mass is 9.47. The average molecular weight is 877 g/mol. The number of likely N-dealkylation sites (N-methyl/N-ethyl adjacent to an activating group) is 1. The number of ether oxygens (including phenoxy) is 1. The number of aliphatic hydroxyl groups is 1. The van der Waals surface area contributed by atoms with Crippen molar-refractivity contribution < 1.29 is 37.6 Å². The topological polar surface area (TPSA) is 117 Å². The Morgan fingerprint density at radius 3 is 2.25 bits per heavy atom. The third kappa shape index (κ3) is 16.3. The van der Waals surface area contributed by atoms with Crippen molar-refractivity contribution in [1.82, 2.24) is 5.32 Å². The standard InChI is InChI=1S/C51H93N2O7P/c1-10-11-12-13-14-15-16-17-18-19-20-21-22-26-48(54)47(38-59-61(56,57)58-36-35-53(7,8)9)52-49(55)60-42-31-33-50(5)41(37-42)27-28-43-45-30-29-44(40(4)25-23-24-39(2)3)51(45,6)34-32-46(43)50/h22,26-27,39-40,42-48,54H,10-21,23-25,28-38H2,1-9H3,(H-,52,55,56,57)/t40-,42?,43?,44-,45?,46?,47?,48?,50+,51-/m1/s1. The quantitative estimate of drug-likeness (QED) is 0.0348. The molecule has 0 spiro atoms. The fourth-order valence-electron chi connectivity index (χ4n) is 12.2. The highest BCUT2D eigenvalue weighted by Gasteiger charge is 2.59. The van der Waals surface area contributed by atoms with E-state index >= 15 is 0 Å². The second-order valence-electron chi connectivity index (χ2n) is 22.1. The van der Waals surface area contributed by atoms with Gasteiger partial charge in [0.25, 0.3) is 7.82 Å². The molecular weight excluding hydrogens is 784 g/mol. The van der Waals surface area contributed by atoms with Gasteiger partial charge in [-0.3, -0.25) is 4.57 Å². The van der Waals surface area contributed by atoms with E-state index in [2.05, 4.69) is 52.9 Å². The molecule has 354 valence electrons. The molecule has 3 saturated carbocycles. The number of carbonyl (C=O) groups is 1. The monoisotopic (exact) mass is 877 g/mol. The van der Waals surface area contributed by atoms with E-state index < -0.39 is 32.7 Å². The van der Waals surface area contributed by atoms with Gasteiger partial charge in [0.05, 0.1) is 39.9 Å².